The zero-order valence-corrected chi connectivity index (χ0v) is 15.8. The number of rotatable bonds is 5. The van der Waals surface area contributed by atoms with Gasteiger partial charge < -0.3 is 10.6 Å². The van der Waals surface area contributed by atoms with E-state index in [1.807, 2.05) is 13.8 Å². The van der Waals surface area contributed by atoms with Crippen molar-refractivity contribution in [1.82, 2.24) is 20.0 Å². The maximum absolute atomic E-state index is 12.7. The summed E-state index contributed by atoms with van der Waals surface area (Å²) in [5.41, 5.74) is 0.513. The summed E-state index contributed by atoms with van der Waals surface area (Å²) in [4.78, 5) is 28.9. The fourth-order valence-corrected chi connectivity index (χ4v) is 3.39. The van der Waals surface area contributed by atoms with Crippen molar-refractivity contribution in [3.05, 3.63) is 47.1 Å². The summed E-state index contributed by atoms with van der Waals surface area (Å²) in [6.45, 7) is 3.47. The van der Waals surface area contributed by atoms with Gasteiger partial charge in [-0.2, -0.15) is 13.2 Å². The van der Waals surface area contributed by atoms with E-state index in [9.17, 15) is 22.8 Å². The molecule has 3 rings (SSSR count). The van der Waals surface area contributed by atoms with Crippen LogP contribution in [0.2, 0.25) is 0 Å². The van der Waals surface area contributed by atoms with Crippen LogP contribution in [-0.4, -0.2) is 33.8 Å². The predicted octanol–water partition coefficient (Wildman–Crippen LogP) is 3.34. The number of aromatic nitrogens is 2. The lowest BCUT2D eigenvalue weighted by Crippen LogP contribution is -2.40. The number of nitrogens with zero attached hydrogens (tertiary/aromatic N) is 2. The number of amides is 2. The molecule has 0 aliphatic rings. The van der Waals surface area contributed by atoms with Crippen molar-refractivity contribution in [2.75, 3.05) is 6.54 Å². The number of halogens is 3. The Kier molecular flexibility index (Phi) is 5.41. The molecule has 148 valence electrons. The van der Waals surface area contributed by atoms with Gasteiger partial charge in [0.1, 0.15) is 5.69 Å². The van der Waals surface area contributed by atoms with E-state index < -0.39 is 17.6 Å². The van der Waals surface area contributed by atoms with Crippen molar-refractivity contribution >= 4 is 28.1 Å². The largest absolute Gasteiger partial charge is 0.416 e. The van der Waals surface area contributed by atoms with Gasteiger partial charge in [-0.3, -0.25) is 14.0 Å². The molecule has 1 aromatic carbocycles. The number of benzene rings is 1. The van der Waals surface area contributed by atoms with E-state index in [2.05, 4.69) is 15.6 Å². The summed E-state index contributed by atoms with van der Waals surface area (Å²) in [6.07, 6.45) is -2.82. The molecule has 10 heteroatoms. The quantitative estimate of drug-likeness (QED) is 0.678. The number of thiazole rings is 1. The molecule has 0 aliphatic heterocycles. The Morgan fingerprint density at radius 2 is 1.89 bits per heavy atom. The molecule has 0 unspecified atom stereocenters. The van der Waals surface area contributed by atoms with Crippen LogP contribution in [0.4, 0.5) is 13.2 Å². The van der Waals surface area contributed by atoms with Crippen molar-refractivity contribution in [3.63, 3.8) is 0 Å². The first kappa shape index (κ1) is 19.9. The smallest absolute Gasteiger partial charge is 0.352 e. The molecular formula is C18H17F3N4O2S. The van der Waals surface area contributed by atoms with Gasteiger partial charge in [-0.15, -0.1) is 11.3 Å². The summed E-state index contributed by atoms with van der Waals surface area (Å²) >= 11 is 1.22. The van der Waals surface area contributed by atoms with Crippen LogP contribution < -0.4 is 10.6 Å². The van der Waals surface area contributed by atoms with E-state index in [1.165, 1.54) is 23.5 Å². The summed E-state index contributed by atoms with van der Waals surface area (Å²) in [6, 6.07) is 4.63. The first-order valence-corrected chi connectivity index (χ1v) is 9.25. The van der Waals surface area contributed by atoms with E-state index in [0.717, 1.165) is 12.1 Å². The molecule has 6 nitrogen and oxygen atoms in total. The second-order valence-electron chi connectivity index (χ2n) is 6.38. The minimum Gasteiger partial charge on any atom is -0.352 e. The number of hydrogen-bond donors (Lipinski definition) is 2. The normalized spacial score (nSPS) is 11.8. The Labute approximate surface area is 162 Å². The second-order valence-corrected chi connectivity index (χ2v) is 7.22. The summed E-state index contributed by atoms with van der Waals surface area (Å²) in [5.74, 6) is -0.743. The van der Waals surface area contributed by atoms with Crippen molar-refractivity contribution in [1.29, 1.82) is 0 Å². The van der Waals surface area contributed by atoms with E-state index in [1.54, 1.807) is 16.0 Å². The standard InChI is InChI=1S/C18H17F3N4O2S/c1-10(2)23-15(26)7-22-16(27)14-9-28-17-24-13(8-25(14)17)11-3-5-12(6-4-11)18(19,20)21/h3-6,8-10H,7H2,1-2H3,(H,22,27)(H,23,26). The van der Waals surface area contributed by atoms with Crippen molar-refractivity contribution in [3.8, 4) is 11.3 Å². The average molecular weight is 410 g/mol. The van der Waals surface area contributed by atoms with Gasteiger partial charge in [0.05, 0.1) is 17.8 Å². The van der Waals surface area contributed by atoms with E-state index in [-0.39, 0.29) is 18.5 Å². The predicted molar refractivity (Wildman–Crippen MR) is 99.1 cm³/mol. The molecule has 0 saturated carbocycles. The fraction of sp³-hybridized carbons (Fsp3) is 0.278. The molecule has 2 heterocycles. The number of hydrogen-bond acceptors (Lipinski definition) is 4. The third-order valence-corrected chi connectivity index (χ3v) is 4.65. The zero-order valence-electron chi connectivity index (χ0n) is 15.0. The van der Waals surface area contributed by atoms with Crippen molar-refractivity contribution in [2.24, 2.45) is 0 Å². The number of alkyl halides is 3. The van der Waals surface area contributed by atoms with Crippen LogP contribution in [0.3, 0.4) is 0 Å². The van der Waals surface area contributed by atoms with E-state index >= 15 is 0 Å². The molecular weight excluding hydrogens is 393 g/mol. The Bertz CT molecular complexity index is 1010. The molecule has 28 heavy (non-hydrogen) atoms. The minimum atomic E-state index is -4.40. The molecule has 0 aliphatic carbocycles. The van der Waals surface area contributed by atoms with E-state index in [0.29, 0.717) is 21.9 Å². The highest BCUT2D eigenvalue weighted by Gasteiger charge is 2.30. The van der Waals surface area contributed by atoms with Gasteiger partial charge in [0.25, 0.3) is 5.91 Å². The molecule has 3 aromatic rings. The highest BCUT2D eigenvalue weighted by Crippen LogP contribution is 2.31. The minimum absolute atomic E-state index is 0.0304. The Balaban J connectivity index is 1.77. The van der Waals surface area contributed by atoms with Gasteiger partial charge in [-0.05, 0) is 26.0 Å². The van der Waals surface area contributed by atoms with Gasteiger partial charge in [0, 0.05) is 23.2 Å². The first-order chi connectivity index (χ1) is 13.1. The second kappa shape index (κ2) is 7.63. The lowest BCUT2D eigenvalue weighted by atomic mass is 10.1. The van der Waals surface area contributed by atoms with Crippen molar-refractivity contribution in [2.45, 2.75) is 26.1 Å². The molecule has 2 N–H and O–H groups in total. The molecule has 0 atom stereocenters. The summed E-state index contributed by atoms with van der Waals surface area (Å²) < 4.78 is 39.6. The van der Waals surface area contributed by atoms with Crippen LogP contribution in [-0.2, 0) is 11.0 Å². The van der Waals surface area contributed by atoms with Crippen LogP contribution in [0.15, 0.2) is 35.8 Å². The number of nitrogens with one attached hydrogen (secondary N) is 2. The maximum atomic E-state index is 12.7. The molecule has 0 bridgehead atoms. The molecule has 0 fully saturated rings. The Hall–Kier alpha value is -2.88. The third kappa shape index (κ3) is 4.33. The SMILES string of the molecule is CC(C)NC(=O)CNC(=O)c1csc2nc(-c3ccc(C(F)(F)F)cc3)cn12. The van der Waals surface area contributed by atoms with Crippen LogP contribution in [0.5, 0.6) is 0 Å². The van der Waals surface area contributed by atoms with Gasteiger partial charge in [-0.25, -0.2) is 4.98 Å². The summed E-state index contributed by atoms with van der Waals surface area (Å²) in [5, 5.41) is 6.81. The fourth-order valence-electron chi connectivity index (χ4n) is 2.54. The number of carbonyl (C=O) groups excluding carboxylic acids is 2. The Morgan fingerprint density at radius 3 is 2.50 bits per heavy atom. The highest BCUT2D eigenvalue weighted by atomic mass is 32.1. The van der Waals surface area contributed by atoms with E-state index in [4.69, 9.17) is 0 Å². The number of fused-ring (bicyclic) bond motifs is 1. The van der Waals surface area contributed by atoms with Crippen LogP contribution >= 0.6 is 11.3 Å². The third-order valence-electron chi connectivity index (χ3n) is 3.81. The lowest BCUT2D eigenvalue weighted by Gasteiger charge is -2.08. The molecule has 2 aromatic heterocycles. The van der Waals surface area contributed by atoms with Gasteiger partial charge in [-0.1, -0.05) is 12.1 Å². The van der Waals surface area contributed by atoms with Gasteiger partial charge >= 0.3 is 6.18 Å². The van der Waals surface area contributed by atoms with Gasteiger partial charge in [0.2, 0.25) is 5.91 Å². The molecule has 0 saturated heterocycles. The van der Waals surface area contributed by atoms with Gasteiger partial charge in [0.15, 0.2) is 4.96 Å². The monoisotopic (exact) mass is 410 g/mol. The Morgan fingerprint density at radius 1 is 1.21 bits per heavy atom. The maximum Gasteiger partial charge on any atom is 0.416 e. The average Bonchev–Trinajstić information content (AvgIpc) is 3.19. The molecule has 0 radical (unpaired) electrons. The topological polar surface area (TPSA) is 75.5 Å². The zero-order chi connectivity index (χ0) is 20.5. The highest BCUT2D eigenvalue weighted by molar-refractivity contribution is 7.15. The van der Waals surface area contributed by atoms with Crippen LogP contribution in [0.25, 0.3) is 16.2 Å². The van der Waals surface area contributed by atoms with Crippen molar-refractivity contribution < 1.29 is 22.8 Å². The van der Waals surface area contributed by atoms with Crippen LogP contribution in [0, 0.1) is 0 Å². The number of carbonyl (C=O) groups is 2. The van der Waals surface area contributed by atoms with Crippen LogP contribution in [0.1, 0.15) is 29.9 Å². The first-order valence-electron chi connectivity index (χ1n) is 8.37. The summed E-state index contributed by atoms with van der Waals surface area (Å²) in [7, 11) is 0. The molecule has 0 spiro atoms. The molecule has 2 amide bonds. The number of imidazole rings is 1. The lowest BCUT2D eigenvalue weighted by molar-refractivity contribution is -0.137.